The molecule has 1 unspecified atom stereocenters. The van der Waals surface area contributed by atoms with Crippen LogP contribution in [0.4, 0.5) is 0 Å². The van der Waals surface area contributed by atoms with E-state index < -0.39 is 0 Å². The summed E-state index contributed by atoms with van der Waals surface area (Å²) in [4.78, 5) is 0. The van der Waals surface area contributed by atoms with E-state index in [1.54, 1.807) is 0 Å². The normalized spacial score (nSPS) is 13.4. The molecule has 16 heavy (non-hydrogen) atoms. The maximum absolute atomic E-state index is 6.09. The van der Waals surface area contributed by atoms with Gasteiger partial charge in [0.25, 0.3) is 0 Å². The molecule has 3 nitrogen and oxygen atoms in total. The summed E-state index contributed by atoms with van der Waals surface area (Å²) in [5.74, 6) is 0.569. The number of nitrogens with zero attached hydrogens (tertiary/aromatic N) is 2. The molecule has 0 saturated carbocycles. The van der Waals surface area contributed by atoms with Crippen LogP contribution in [0.15, 0.2) is 6.20 Å². The zero-order valence-corrected chi connectivity index (χ0v) is 11.3. The van der Waals surface area contributed by atoms with Gasteiger partial charge in [0, 0.05) is 12.7 Å². The molecule has 0 aliphatic heterocycles. The van der Waals surface area contributed by atoms with Crippen LogP contribution < -0.4 is 0 Å². The summed E-state index contributed by atoms with van der Waals surface area (Å²) in [5.41, 5.74) is 0.836. The third kappa shape index (κ3) is 4.14. The SMILES string of the molecule is CCC(C)OCc1nn(CC(C)C)cc1Cl. The molecule has 0 aliphatic rings. The van der Waals surface area contributed by atoms with Gasteiger partial charge in [-0.25, -0.2) is 0 Å². The number of rotatable bonds is 6. The molecule has 1 atom stereocenters. The van der Waals surface area contributed by atoms with E-state index >= 15 is 0 Å². The van der Waals surface area contributed by atoms with Crippen LogP contribution in [0.3, 0.4) is 0 Å². The zero-order chi connectivity index (χ0) is 12.1. The number of hydrogen-bond donors (Lipinski definition) is 0. The molecule has 0 N–H and O–H groups in total. The fourth-order valence-corrected chi connectivity index (χ4v) is 1.55. The monoisotopic (exact) mass is 244 g/mol. The second-order valence-electron chi connectivity index (χ2n) is 4.57. The zero-order valence-electron chi connectivity index (χ0n) is 10.5. The van der Waals surface area contributed by atoms with Crippen molar-refractivity contribution in [1.29, 1.82) is 0 Å². The van der Waals surface area contributed by atoms with Crippen molar-refractivity contribution in [2.45, 2.75) is 53.4 Å². The lowest BCUT2D eigenvalue weighted by Crippen LogP contribution is -2.08. The maximum atomic E-state index is 6.09. The van der Waals surface area contributed by atoms with E-state index in [9.17, 15) is 0 Å². The highest BCUT2D eigenvalue weighted by Gasteiger charge is 2.09. The second kappa shape index (κ2) is 6.26. The third-order valence-electron chi connectivity index (χ3n) is 2.42. The van der Waals surface area contributed by atoms with Crippen molar-refractivity contribution in [3.63, 3.8) is 0 Å². The first kappa shape index (κ1) is 13.5. The lowest BCUT2D eigenvalue weighted by Gasteiger charge is -2.08. The molecule has 1 heterocycles. The van der Waals surface area contributed by atoms with Gasteiger partial charge in [0.05, 0.1) is 17.7 Å². The average Bonchev–Trinajstić information content (AvgIpc) is 2.54. The Labute approximate surface area is 103 Å². The van der Waals surface area contributed by atoms with E-state index in [1.807, 2.05) is 10.9 Å². The standard InChI is InChI=1S/C12H21ClN2O/c1-5-10(4)16-8-12-11(13)7-15(14-12)6-9(2)3/h7,9-10H,5-6,8H2,1-4H3. The smallest absolute Gasteiger partial charge is 0.107 e. The van der Waals surface area contributed by atoms with Gasteiger partial charge in [-0.2, -0.15) is 5.10 Å². The minimum absolute atomic E-state index is 0.256. The highest BCUT2D eigenvalue weighted by atomic mass is 35.5. The Bertz CT molecular complexity index is 323. The Kier molecular flexibility index (Phi) is 5.29. The van der Waals surface area contributed by atoms with Gasteiger partial charge < -0.3 is 4.74 Å². The predicted molar refractivity (Wildman–Crippen MR) is 66.6 cm³/mol. The summed E-state index contributed by atoms with van der Waals surface area (Å²) in [6.07, 6.45) is 3.13. The van der Waals surface area contributed by atoms with Crippen LogP contribution in [0.25, 0.3) is 0 Å². The van der Waals surface area contributed by atoms with Crippen LogP contribution >= 0.6 is 11.6 Å². The van der Waals surface area contributed by atoms with Gasteiger partial charge in [-0.1, -0.05) is 32.4 Å². The van der Waals surface area contributed by atoms with Crippen molar-refractivity contribution in [1.82, 2.24) is 9.78 Å². The largest absolute Gasteiger partial charge is 0.372 e. The summed E-state index contributed by atoms with van der Waals surface area (Å²) in [6.45, 7) is 9.86. The van der Waals surface area contributed by atoms with Crippen LogP contribution in [-0.2, 0) is 17.9 Å². The average molecular weight is 245 g/mol. The Morgan fingerprint density at radius 1 is 1.44 bits per heavy atom. The first-order chi connectivity index (χ1) is 7.52. The lowest BCUT2D eigenvalue weighted by atomic mass is 10.2. The Morgan fingerprint density at radius 3 is 2.69 bits per heavy atom. The summed E-state index contributed by atoms with van der Waals surface area (Å²) in [7, 11) is 0. The molecule has 4 heteroatoms. The van der Waals surface area contributed by atoms with Crippen molar-refractivity contribution in [3.8, 4) is 0 Å². The van der Waals surface area contributed by atoms with E-state index in [1.165, 1.54) is 0 Å². The molecule has 0 aliphatic carbocycles. The third-order valence-corrected chi connectivity index (χ3v) is 2.73. The molecule has 0 radical (unpaired) electrons. The van der Waals surface area contributed by atoms with Crippen LogP contribution in [-0.4, -0.2) is 15.9 Å². The van der Waals surface area contributed by atoms with Gasteiger partial charge >= 0.3 is 0 Å². The van der Waals surface area contributed by atoms with E-state index in [0.29, 0.717) is 17.5 Å². The summed E-state index contributed by atoms with van der Waals surface area (Å²) < 4.78 is 7.51. The number of halogens is 1. The van der Waals surface area contributed by atoms with Gasteiger partial charge in [0.15, 0.2) is 0 Å². The Balaban J connectivity index is 2.56. The van der Waals surface area contributed by atoms with Gasteiger partial charge in [-0.15, -0.1) is 0 Å². The molecule has 0 spiro atoms. The van der Waals surface area contributed by atoms with E-state index in [4.69, 9.17) is 16.3 Å². The summed E-state index contributed by atoms with van der Waals surface area (Å²) in [6, 6.07) is 0. The molecular formula is C12H21ClN2O. The molecule has 0 saturated heterocycles. The second-order valence-corrected chi connectivity index (χ2v) is 4.98. The first-order valence-corrected chi connectivity index (χ1v) is 6.24. The molecule has 92 valence electrons. The Hall–Kier alpha value is -0.540. The van der Waals surface area contributed by atoms with E-state index in [0.717, 1.165) is 18.7 Å². The van der Waals surface area contributed by atoms with E-state index in [-0.39, 0.29) is 6.10 Å². The number of ether oxygens (including phenoxy) is 1. The fourth-order valence-electron chi connectivity index (χ4n) is 1.34. The minimum atomic E-state index is 0.256. The number of hydrogen-bond acceptors (Lipinski definition) is 2. The molecule has 1 aromatic heterocycles. The van der Waals surface area contributed by atoms with Crippen molar-refractivity contribution in [2.75, 3.05) is 0 Å². The van der Waals surface area contributed by atoms with Crippen LogP contribution in [0.1, 0.15) is 39.8 Å². The van der Waals surface area contributed by atoms with Gasteiger partial charge in [-0.3, -0.25) is 4.68 Å². The first-order valence-electron chi connectivity index (χ1n) is 5.86. The van der Waals surface area contributed by atoms with Gasteiger partial charge in [0.1, 0.15) is 5.69 Å². The molecule has 0 bridgehead atoms. The van der Waals surface area contributed by atoms with Crippen LogP contribution in [0.5, 0.6) is 0 Å². The van der Waals surface area contributed by atoms with Crippen molar-refractivity contribution in [3.05, 3.63) is 16.9 Å². The molecule has 0 aromatic carbocycles. The topological polar surface area (TPSA) is 27.1 Å². The van der Waals surface area contributed by atoms with Crippen LogP contribution in [0.2, 0.25) is 5.02 Å². The van der Waals surface area contributed by atoms with Crippen molar-refractivity contribution >= 4 is 11.6 Å². The minimum Gasteiger partial charge on any atom is -0.372 e. The quantitative estimate of drug-likeness (QED) is 0.766. The molecule has 0 fully saturated rings. The lowest BCUT2D eigenvalue weighted by molar-refractivity contribution is 0.0486. The number of aromatic nitrogens is 2. The Morgan fingerprint density at radius 2 is 2.12 bits per heavy atom. The van der Waals surface area contributed by atoms with Gasteiger partial charge in [0.2, 0.25) is 0 Å². The van der Waals surface area contributed by atoms with Crippen molar-refractivity contribution < 1.29 is 4.74 Å². The highest BCUT2D eigenvalue weighted by molar-refractivity contribution is 6.31. The van der Waals surface area contributed by atoms with Crippen molar-refractivity contribution in [2.24, 2.45) is 5.92 Å². The molecule has 0 amide bonds. The summed E-state index contributed by atoms with van der Waals surface area (Å²) in [5, 5.41) is 5.11. The molecule has 1 aromatic rings. The van der Waals surface area contributed by atoms with Gasteiger partial charge in [-0.05, 0) is 19.3 Å². The highest BCUT2D eigenvalue weighted by Crippen LogP contribution is 2.16. The molecular weight excluding hydrogens is 224 g/mol. The van der Waals surface area contributed by atoms with Crippen LogP contribution in [0, 0.1) is 5.92 Å². The molecule has 1 rings (SSSR count). The predicted octanol–water partition coefficient (Wildman–Crippen LogP) is 3.51. The fraction of sp³-hybridized carbons (Fsp3) is 0.750. The maximum Gasteiger partial charge on any atom is 0.107 e. The summed E-state index contributed by atoms with van der Waals surface area (Å²) >= 11 is 6.09. The van der Waals surface area contributed by atoms with E-state index in [2.05, 4.69) is 32.8 Å².